The van der Waals surface area contributed by atoms with Crippen LogP contribution in [0.4, 0.5) is 19.0 Å². The minimum absolute atomic E-state index is 0.389. The van der Waals surface area contributed by atoms with E-state index in [9.17, 15) is 13.2 Å². The summed E-state index contributed by atoms with van der Waals surface area (Å²) in [5.74, 6) is 0.832. The second-order valence-corrected chi connectivity index (χ2v) is 7.95. The predicted octanol–water partition coefficient (Wildman–Crippen LogP) is 6.35. The van der Waals surface area contributed by atoms with Crippen LogP contribution in [0, 0.1) is 0 Å². The van der Waals surface area contributed by atoms with Crippen LogP contribution in [0.3, 0.4) is 0 Å². The van der Waals surface area contributed by atoms with Crippen molar-refractivity contribution in [3.05, 3.63) is 84.4 Å². The van der Waals surface area contributed by atoms with Gasteiger partial charge in [-0.1, -0.05) is 12.1 Å². The number of anilines is 1. The van der Waals surface area contributed by atoms with Crippen LogP contribution in [0.1, 0.15) is 30.0 Å². The Balaban J connectivity index is 1.56. The molecule has 0 amide bonds. The molecule has 4 nitrogen and oxygen atoms in total. The van der Waals surface area contributed by atoms with Gasteiger partial charge in [-0.3, -0.25) is 9.97 Å². The summed E-state index contributed by atoms with van der Waals surface area (Å²) >= 11 is 0. The van der Waals surface area contributed by atoms with Crippen molar-refractivity contribution in [2.45, 2.75) is 24.9 Å². The van der Waals surface area contributed by atoms with E-state index >= 15 is 0 Å². The summed E-state index contributed by atoms with van der Waals surface area (Å²) in [5.41, 5.74) is 10.9. The maximum Gasteiger partial charge on any atom is 0.416 e. The summed E-state index contributed by atoms with van der Waals surface area (Å²) in [5, 5.41) is 0. The molecule has 0 spiro atoms. The Morgan fingerprint density at radius 2 is 1.47 bits per heavy atom. The molecule has 0 radical (unpaired) electrons. The third kappa shape index (κ3) is 4.19. The van der Waals surface area contributed by atoms with E-state index in [2.05, 4.69) is 9.97 Å². The molecule has 2 N–H and O–H groups in total. The van der Waals surface area contributed by atoms with Crippen molar-refractivity contribution < 1.29 is 13.2 Å². The number of halogens is 3. The summed E-state index contributed by atoms with van der Waals surface area (Å²) in [6, 6.07) is 14.7. The Kier molecular flexibility index (Phi) is 4.89. The molecule has 0 saturated heterocycles. The van der Waals surface area contributed by atoms with Gasteiger partial charge < -0.3 is 5.73 Å². The number of nitrogens with zero attached hydrogens (tertiary/aromatic N) is 3. The van der Waals surface area contributed by atoms with Gasteiger partial charge in [-0.2, -0.15) is 13.2 Å². The molecule has 3 aromatic heterocycles. The fourth-order valence-corrected chi connectivity index (χ4v) is 3.62. The molecule has 7 heteroatoms. The van der Waals surface area contributed by atoms with Crippen LogP contribution in [0.5, 0.6) is 0 Å². The minimum atomic E-state index is -4.36. The Labute approximate surface area is 183 Å². The number of alkyl halides is 3. The molecule has 160 valence electrons. The van der Waals surface area contributed by atoms with E-state index in [0.29, 0.717) is 11.7 Å². The van der Waals surface area contributed by atoms with Gasteiger partial charge >= 0.3 is 6.18 Å². The monoisotopic (exact) mass is 432 g/mol. The van der Waals surface area contributed by atoms with E-state index in [4.69, 9.17) is 10.7 Å². The molecular formula is C25H19F3N4. The van der Waals surface area contributed by atoms with E-state index in [1.165, 1.54) is 12.1 Å². The van der Waals surface area contributed by atoms with Crippen LogP contribution >= 0.6 is 0 Å². The number of hydrogen-bond donors (Lipinski definition) is 1. The highest BCUT2D eigenvalue weighted by Gasteiger charge is 2.30. The first-order chi connectivity index (χ1) is 15.4. The largest absolute Gasteiger partial charge is 0.416 e. The van der Waals surface area contributed by atoms with E-state index in [0.717, 1.165) is 64.2 Å². The van der Waals surface area contributed by atoms with Crippen molar-refractivity contribution in [3.63, 3.8) is 0 Å². The lowest BCUT2D eigenvalue weighted by molar-refractivity contribution is -0.137. The lowest BCUT2D eigenvalue weighted by Gasteiger charge is -2.12. The van der Waals surface area contributed by atoms with Gasteiger partial charge in [0.25, 0.3) is 0 Å². The molecular weight excluding hydrogens is 413 g/mol. The van der Waals surface area contributed by atoms with Gasteiger partial charge in [0.2, 0.25) is 0 Å². The molecule has 1 aliphatic rings. The Bertz CT molecular complexity index is 1260. The second kappa shape index (κ2) is 7.75. The number of nitrogens with two attached hydrogens (primary N) is 1. The standard InChI is InChI=1S/C25H19F3N4/c26-25(27,28)21-6-3-15(4-7-21)18-10-22(16-1-2-16)32-23(11-18)20-9-19(12-30-13-20)17-5-8-24(29)31-14-17/h3-14,16H,1-2H2,(H2,29,31). The zero-order valence-corrected chi connectivity index (χ0v) is 17.0. The van der Waals surface area contributed by atoms with Crippen LogP contribution in [0.2, 0.25) is 0 Å². The van der Waals surface area contributed by atoms with Crippen LogP contribution in [0.25, 0.3) is 33.5 Å². The maximum absolute atomic E-state index is 13.0. The lowest BCUT2D eigenvalue weighted by Crippen LogP contribution is -2.04. The van der Waals surface area contributed by atoms with Gasteiger partial charge in [0, 0.05) is 46.9 Å². The maximum atomic E-state index is 13.0. The van der Waals surface area contributed by atoms with Crippen molar-refractivity contribution >= 4 is 5.82 Å². The zero-order chi connectivity index (χ0) is 22.3. The van der Waals surface area contributed by atoms with Gasteiger partial charge in [0.1, 0.15) is 5.82 Å². The summed E-state index contributed by atoms with van der Waals surface area (Å²) in [6.07, 6.45) is 2.96. The lowest BCUT2D eigenvalue weighted by atomic mass is 9.99. The first-order valence-electron chi connectivity index (χ1n) is 10.2. The van der Waals surface area contributed by atoms with Crippen LogP contribution in [-0.4, -0.2) is 15.0 Å². The van der Waals surface area contributed by atoms with Crippen LogP contribution in [0.15, 0.2) is 73.2 Å². The van der Waals surface area contributed by atoms with Crippen molar-refractivity contribution in [3.8, 4) is 33.5 Å². The molecule has 5 rings (SSSR count). The average Bonchev–Trinajstić information content (AvgIpc) is 3.65. The molecule has 0 unspecified atom stereocenters. The minimum Gasteiger partial charge on any atom is -0.384 e. The van der Waals surface area contributed by atoms with Crippen LogP contribution in [-0.2, 0) is 6.18 Å². The van der Waals surface area contributed by atoms with Gasteiger partial charge in [0.15, 0.2) is 0 Å². The van der Waals surface area contributed by atoms with Gasteiger partial charge in [-0.05, 0) is 66.4 Å². The summed E-state index contributed by atoms with van der Waals surface area (Å²) < 4.78 is 38.9. The van der Waals surface area contributed by atoms with E-state index in [1.54, 1.807) is 24.7 Å². The summed E-state index contributed by atoms with van der Waals surface area (Å²) in [6.45, 7) is 0. The molecule has 0 atom stereocenters. The fraction of sp³-hybridized carbons (Fsp3) is 0.160. The smallest absolute Gasteiger partial charge is 0.384 e. The molecule has 1 saturated carbocycles. The molecule has 1 fully saturated rings. The molecule has 1 aliphatic carbocycles. The number of pyridine rings is 3. The fourth-order valence-electron chi connectivity index (χ4n) is 3.62. The Hall–Kier alpha value is -3.74. The average molecular weight is 432 g/mol. The molecule has 1 aromatic carbocycles. The first kappa shape index (κ1) is 20.2. The van der Waals surface area contributed by atoms with E-state index in [1.807, 2.05) is 24.3 Å². The van der Waals surface area contributed by atoms with Crippen molar-refractivity contribution in [1.82, 2.24) is 15.0 Å². The third-order valence-electron chi connectivity index (χ3n) is 5.54. The third-order valence-corrected chi connectivity index (χ3v) is 5.54. The molecule has 32 heavy (non-hydrogen) atoms. The van der Waals surface area contributed by atoms with Gasteiger partial charge in [0.05, 0.1) is 11.3 Å². The number of hydrogen-bond acceptors (Lipinski definition) is 4. The van der Waals surface area contributed by atoms with Gasteiger partial charge in [-0.15, -0.1) is 0 Å². The number of rotatable bonds is 4. The topological polar surface area (TPSA) is 64.7 Å². The number of nitrogen functional groups attached to an aromatic ring is 1. The van der Waals surface area contributed by atoms with Crippen molar-refractivity contribution in [2.75, 3.05) is 5.73 Å². The normalized spacial score (nSPS) is 13.8. The highest BCUT2D eigenvalue weighted by molar-refractivity contribution is 5.74. The highest BCUT2D eigenvalue weighted by atomic mass is 19.4. The quantitative estimate of drug-likeness (QED) is 0.408. The second-order valence-electron chi connectivity index (χ2n) is 7.95. The van der Waals surface area contributed by atoms with Crippen molar-refractivity contribution in [1.29, 1.82) is 0 Å². The van der Waals surface area contributed by atoms with E-state index in [-0.39, 0.29) is 0 Å². The Morgan fingerprint density at radius 1 is 0.750 bits per heavy atom. The molecule has 0 aliphatic heterocycles. The predicted molar refractivity (Wildman–Crippen MR) is 118 cm³/mol. The van der Waals surface area contributed by atoms with Gasteiger partial charge in [-0.25, -0.2) is 4.98 Å². The highest BCUT2D eigenvalue weighted by Crippen LogP contribution is 2.41. The Morgan fingerprint density at radius 3 is 2.12 bits per heavy atom. The summed E-state index contributed by atoms with van der Waals surface area (Å²) in [4.78, 5) is 13.3. The summed E-state index contributed by atoms with van der Waals surface area (Å²) in [7, 11) is 0. The first-order valence-corrected chi connectivity index (χ1v) is 10.2. The van der Waals surface area contributed by atoms with E-state index < -0.39 is 11.7 Å². The molecule has 3 heterocycles. The van der Waals surface area contributed by atoms with Crippen molar-refractivity contribution in [2.24, 2.45) is 0 Å². The SMILES string of the molecule is Nc1ccc(-c2cncc(-c3cc(-c4ccc(C(F)(F)F)cc4)cc(C4CC4)n3)c2)cn1. The molecule has 4 aromatic rings. The molecule has 0 bridgehead atoms. The van der Waals surface area contributed by atoms with Crippen LogP contribution < -0.4 is 5.73 Å². The number of benzene rings is 1. The number of aromatic nitrogens is 3. The zero-order valence-electron chi connectivity index (χ0n) is 17.0.